The maximum atomic E-state index is 11.2. The minimum Gasteiger partial charge on any atom is -0.481 e. The predicted octanol–water partition coefficient (Wildman–Crippen LogP) is 0.473. The second-order valence-corrected chi connectivity index (χ2v) is 7.34. The van der Waals surface area contributed by atoms with E-state index in [9.17, 15) is 9.90 Å². The lowest BCUT2D eigenvalue weighted by Crippen LogP contribution is -2.58. The predicted molar refractivity (Wildman–Crippen MR) is 82.2 cm³/mol. The number of carboxylic acids is 1. The van der Waals surface area contributed by atoms with Crippen LogP contribution in [0, 0.1) is 29.6 Å². The summed E-state index contributed by atoms with van der Waals surface area (Å²) in [6.07, 6.45) is 3.89. The quantitative estimate of drug-likeness (QED) is 0.540. The number of carbonyl (C=O) groups is 1. The number of rotatable bonds is 9. The van der Waals surface area contributed by atoms with E-state index in [0.717, 1.165) is 31.5 Å². The number of nitrogens with one attached hydrogen (secondary N) is 2. The molecule has 0 amide bonds. The molecule has 0 spiro atoms. The highest BCUT2D eigenvalue weighted by Gasteiger charge is 2.54. The van der Waals surface area contributed by atoms with Crippen LogP contribution in [0.2, 0.25) is 0 Å². The fraction of sp³-hybridized carbons (Fsp3) is 0.938. The van der Waals surface area contributed by atoms with E-state index in [2.05, 4.69) is 22.6 Å². The summed E-state index contributed by atoms with van der Waals surface area (Å²) in [6, 6.07) is 0.290. The molecule has 5 heteroatoms. The van der Waals surface area contributed by atoms with E-state index in [1.807, 2.05) is 7.05 Å². The van der Waals surface area contributed by atoms with Gasteiger partial charge in [0, 0.05) is 12.6 Å². The number of hydrogen-bond donors (Lipinski definition) is 3. The lowest BCUT2D eigenvalue weighted by molar-refractivity contribution is -0.152. The molecule has 1 aliphatic heterocycles. The first-order valence-corrected chi connectivity index (χ1v) is 8.40. The molecule has 3 N–H and O–H groups in total. The molecule has 0 aromatic carbocycles. The summed E-state index contributed by atoms with van der Waals surface area (Å²) in [7, 11) is 4.09. The Morgan fingerprint density at radius 1 is 1.24 bits per heavy atom. The molecule has 1 saturated heterocycles. The van der Waals surface area contributed by atoms with Crippen LogP contribution in [-0.2, 0) is 4.79 Å². The van der Waals surface area contributed by atoms with Crippen LogP contribution < -0.4 is 10.6 Å². The topological polar surface area (TPSA) is 64.6 Å². The van der Waals surface area contributed by atoms with Gasteiger partial charge < -0.3 is 20.6 Å². The molecular weight excluding hydrogens is 266 g/mol. The van der Waals surface area contributed by atoms with Gasteiger partial charge in [0.25, 0.3) is 0 Å². The lowest BCUT2D eigenvalue weighted by atomic mass is 9.85. The molecule has 2 aliphatic carbocycles. The van der Waals surface area contributed by atoms with Gasteiger partial charge in [-0.2, -0.15) is 0 Å². The summed E-state index contributed by atoms with van der Waals surface area (Å²) in [5, 5.41) is 16.0. The van der Waals surface area contributed by atoms with Gasteiger partial charge in [0.15, 0.2) is 0 Å². The summed E-state index contributed by atoms with van der Waals surface area (Å²) in [5.41, 5.74) is 0. The molecule has 3 fully saturated rings. The number of carboxylic acid groups (broad SMARTS) is 1. The molecule has 5 nitrogen and oxygen atoms in total. The maximum Gasteiger partial charge on any atom is 0.309 e. The highest BCUT2D eigenvalue weighted by Crippen LogP contribution is 2.48. The van der Waals surface area contributed by atoms with E-state index in [0.29, 0.717) is 11.8 Å². The Morgan fingerprint density at radius 2 is 2.05 bits per heavy atom. The number of aliphatic carboxylic acids is 1. The first-order chi connectivity index (χ1) is 10.1. The van der Waals surface area contributed by atoms with Crippen LogP contribution >= 0.6 is 0 Å². The van der Waals surface area contributed by atoms with Crippen molar-refractivity contribution in [2.24, 2.45) is 29.6 Å². The highest BCUT2D eigenvalue weighted by atomic mass is 16.4. The Morgan fingerprint density at radius 3 is 2.71 bits per heavy atom. The number of likely N-dealkylation sites (tertiary alicyclic amines) is 1. The summed E-state index contributed by atoms with van der Waals surface area (Å²) in [6.45, 7) is 4.09. The zero-order chi connectivity index (χ0) is 15.0. The van der Waals surface area contributed by atoms with E-state index < -0.39 is 5.97 Å². The molecule has 6 atom stereocenters. The Balaban J connectivity index is 1.28. The monoisotopic (exact) mass is 295 g/mol. The smallest absolute Gasteiger partial charge is 0.309 e. The van der Waals surface area contributed by atoms with Crippen LogP contribution in [0.3, 0.4) is 0 Å². The van der Waals surface area contributed by atoms with Gasteiger partial charge in [0.1, 0.15) is 0 Å². The average Bonchev–Trinajstić information content (AvgIpc) is 3.31. The molecule has 0 aromatic heterocycles. The summed E-state index contributed by atoms with van der Waals surface area (Å²) in [5.74, 6) is 2.40. The summed E-state index contributed by atoms with van der Waals surface area (Å²) in [4.78, 5) is 13.4. The fourth-order valence-corrected chi connectivity index (χ4v) is 4.23. The van der Waals surface area contributed by atoms with Crippen LogP contribution in [0.25, 0.3) is 0 Å². The van der Waals surface area contributed by atoms with Crippen LogP contribution in [-0.4, -0.2) is 62.3 Å². The zero-order valence-corrected chi connectivity index (χ0v) is 13.2. The molecule has 21 heavy (non-hydrogen) atoms. The summed E-state index contributed by atoms with van der Waals surface area (Å²) >= 11 is 0. The van der Waals surface area contributed by atoms with E-state index in [1.54, 1.807) is 0 Å². The largest absolute Gasteiger partial charge is 0.481 e. The van der Waals surface area contributed by atoms with E-state index in [1.165, 1.54) is 25.8 Å². The minimum absolute atomic E-state index is 0.126. The minimum atomic E-state index is -0.610. The SMILES string of the molecule is CNCC1CC1CCNCC1CC1C1C(C(=O)O)CN1C. The molecule has 0 aromatic rings. The van der Waals surface area contributed by atoms with Crippen LogP contribution in [0.5, 0.6) is 0 Å². The van der Waals surface area contributed by atoms with Crippen molar-refractivity contribution in [1.82, 2.24) is 15.5 Å². The van der Waals surface area contributed by atoms with Gasteiger partial charge in [-0.15, -0.1) is 0 Å². The van der Waals surface area contributed by atoms with Crippen molar-refractivity contribution in [1.29, 1.82) is 0 Å². The molecule has 3 aliphatic rings. The molecule has 3 rings (SSSR count). The first-order valence-electron chi connectivity index (χ1n) is 8.40. The molecule has 2 saturated carbocycles. The van der Waals surface area contributed by atoms with Gasteiger partial charge in [-0.05, 0) is 76.7 Å². The van der Waals surface area contributed by atoms with Crippen molar-refractivity contribution in [3.05, 3.63) is 0 Å². The third-order valence-electron chi connectivity index (χ3n) is 5.77. The Kier molecular flexibility index (Phi) is 4.52. The van der Waals surface area contributed by atoms with Gasteiger partial charge in [0.05, 0.1) is 5.92 Å². The van der Waals surface area contributed by atoms with Gasteiger partial charge in [0.2, 0.25) is 0 Å². The van der Waals surface area contributed by atoms with Crippen LogP contribution in [0.15, 0.2) is 0 Å². The normalized spacial score (nSPS) is 41.6. The molecular formula is C16H29N3O2. The summed E-state index contributed by atoms with van der Waals surface area (Å²) < 4.78 is 0. The third kappa shape index (κ3) is 3.41. The van der Waals surface area contributed by atoms with Crippen molar-refractivity contribution in [3.63, 3.8) is 0 Å². The third-order valence-corrected chi connectivity index (χ3v) is 5.77. The zero-order valence-electron chi connectivity index (χ0n) is 13.2. The molecule has 0 radical (unpaired) electrons. The second-order valence-electron chi connectivity index (χ2n) is 7.34. The average molecular weight is 295 g/mol. The number of nitrogens with zero attached hydrogens (tertiary/aromatic N) is 1. The second kappa shape index (κ2) is 6.23. The Hall–Kier alpha value is -0.650. The lowest BCUT2D eigenvalue weighted by Gasteiger charge is -2.44. The van der Waals surface area contributed by atoms with Gasteiger partial charge in [-0.3, -0.25) is 4.79 Å². The molecule has 6 unspecified atom stereocenters. The molecule has 1 heterocycles. The molecule has 0 bridgehead atoms. The fourth-order valence-electron chi connectivity index (χ4n) is 4.23. The van der Waals surface area contributed by atoms with E-state index >= 15 is 0 Å². The molecule has 120 valence electrons. The van der Waals surface area contributed by atoms with Crippen LogP contribution in [0.4, 0.5) is 0 Å². The van der Waals surface area contributed by atoms with E-state index in [4.69, 9.17) is 0 Å². The van der Waals surface area contributed by atoms with Crippen LogP contribution in [0.1, 0.15) is 19.3 Å². The van der Waals surface area contributed by atoms with Gasteiger partial charge in [-0.1, -0.05) is 0 Å². The Bertz CT molecular complexity index is 390. The van der Waals surface area contributed by atoms with Gasteiger partial charge in [-0.25, -0.2) is 0 Å². The van der Waals surface area contributed by atoms with Crippen molar-refractivity contribution >= 4 is 5.97 Å². The highest BCUT2D eigenvalue weighted by molar-refractivity contribution is 5.72. The Labute approximate surface area is 127 Å². The van der Waals surface area contributed by atoms with Crippen molar-refractivity contribution < 1.29 is 9.90 Å². The van der Waals surface area contributed by atoms with Crippen molar-refractivity contribution in [3.8, 4) is 0 Å². The first kappa shape index (κ1) is 15.3. The van der Waals surface area contributed by atoms with E-state index in [-0.39, 0.29) is 12.0 Å². The van der Waals surface area contributed by atoms with Crippen molar-refractivity contribution in [2.45, 2.75) is 25.3 Å². The number of hydrogen-bond acceptors (Lipinski definition) is 4. The maximum absolute atomic E-state index is 11.2. The standard InChI is InChI=1S/C16H29N3O2/c1-17-7-11-5-10(11)3-4-18-8-12-6-13(12)15-14(16(20)21)9-19(15)2/h10-15,17-18H,3-9H2,1-2H3,(H,20,21). The van der Waals surface area contributed by atoms with Crippen molar-refractivity contribution in [2.75, 3.05) is 40.3 Å². The van der Waals surface area contributed by atoms with Gasteiger partial charge >= 0.3 is 5.97 Å².